The third-order valence-corrected chi connectivity index (χ3v) is 2.93. The number of fused-ring (bicyclic) bond motifs is 1. The molecule has 0 aliphatic heterocycles. The Kier molecular flexibility index (Phi) is 7.93. The van der Waals surface area contributed by atoms with Crippen molar-refractivity contribution >= 4 is 27.3 Å². The summed E-state index contributed by atoms with van der Waals surface area (Å²) in [4.78, 5) is 11.0. The first-order chi connectivity index (χ1) is 9.23. The molecule has 108 valence electrons. The summed E-state index contributed by atoms with van der Waals surface area (Å²) in [6.45, 7) is 1.41. The number of hydrogen-bond donors (Lipinski definition) is 0. The number of hydrogen-bond acceptors (Lipinski definition) is 8. The predicted molar refractivity (Wildman–Crippen MR) is 62.2 cm³/mol. The number of benzene rings is 1. The van der Waals surface area contributed by atoms with E-state index in [1.807, 2.05) is 0 Å². The van der Waals surface area contributed by atoms with Crippen molar-refractivity contribution in [3.63, 3.8) is 0 Å². The third-order valence-electron chi connectivity index (χ3n) is 2.55. The van der Waals surface area contributed by atoms with Crippen LogP contribution in [-0.4, -0.2) is 26.0 Å². The Balaban J connectivity index is 0.00000220. The number of aryl methyl sites for hydroxylation is 1. The normalized spacial score (nSPS) is 10.5. The zero-order valence-electron chi connectivity index (χ0n) is 12.3. The number of carboxylic acid groups (broad SMARTS) is 1. The standard InChI is InChI=1S/C11H10O8S.2Na/c1-5-10(11(12)13)6-3-9(19-20(14,15)16)8(17-2)4-7(6)18-5;;/h3-4H,1-2H3,(H,12,13)(H,14,15,16);;/q;2*+1/p-2. The van der Waals surface area contributed by atoms with E-state index in [2.05, 4.69) is 4.18 Å². The second-order valence-corrected chi connectivity index (χ2v) is 4.79. The van der Waals surface area contributed by atoms with E-state index < -0.39 is 22.1 Å². The molecule has 2 rings (SSSR count). The summed E-state index contributed by atoms with van der Waals surface area (Å²) in [5, 5.41) is 11.1. The molecule has 8 nitrogen and oxygen atoms in total. The fourth-order valence-electron chi connectivity index (χ4n) is 1.82. The number of carbonyl (C=O) groups excluding carboxylic acids is 1. The monoisotopic (exact) mass is 346 g/mol. The Hall–Kier alpha value is -0.260. The van der Waals surface area contributed by atoms with Crippen LogP contribution >= 0.6 is 0 Å². The molecule has 0 radical (unpaired) electrons. The molecule has 11 heteroatoms. The summed E-state index contributed by atoms with van der Waals surface area (Å²) in [6, 6.07) is 2.25. The van der Waals surface area contributed by atoms with Crippen molar-refractivity contribution in [2.24, 2.45) is 0 Å². The van der Waals surface area contributed by atoms with E-state index in [0.717, 1.165) is 6.07 Å². The largest absolute Gasteiger partial charge is 1.00 e. The van der Waals surface area contributed by atoms with Crippen molar-refractivity contribution in [3.05, 3.63) is 23.5 Å². The van der Waals surface area contributed by atoms with Crippen molar-refractivity contribution in [2.75, 3.05) is 7.11 Å². The van der Waals surface area contributed by atoms with Crippen LogP contribution in [0, 0.1) is 6.92 Å². The van der Waals surface area contributed by atoms with Crippen LogP contribution < -0.4 is 73.1 Å². The van der Waals surface area contributed by atoms with Gasteiger partial charge in [-0.1, -0.05) is 0 Å². The minimum atomic E-state index is -5.03. The van der Waals surface area contributed by atoms with Gasteiger partial charge in [0.25, 0.3) is 10.4 Å². The molecule has 1 heterocycles. The topological polar surface area (TPSA) is 129 Å². The van der Waals surface area contributed by atoms with Gasteiger partial charge in [-0.05, 0) is 13.0 Å². The van der Waals surface area contributed by atoms with Gasteiger partial charge in [0.2, 0.25) is 0 Å². The second-order valence-electron chi connectivity index (χ2n) is 3.81. The number of carbonyl (C=O) groups is 1. The van der Waals surface area contributed by atoms with Crippen LogP contribution in [0.5, 0.6) is 11.5 Å². The first-order valence-electron chi connectivity index (χ1n) is 5.20. The number of methoxy groups -OCH3 is 1. The van der Waals surface area contributed by atoms with Gasteiger partial charge in [-0.3, -0.25) is 0 Å². The van der Waals surface area contributed by atoms with E-state index >= 15 is 0 Å². The van der Waals surface area contributed by atoms with Crippen LogP contribution in [-0.2, 0) is 10.4 Å². The van der Waals surface area contributed by atoms with Crippen molar-refractivity contribution in [2.45, 2.75) is 6.92 Å². The second kappa shape index (κ2) is 8.02. The van der Waals surface area contributed by atoms with Crippen LogP contribution in [0.3, 0.4) is 0 Å². The van der Waals surface area contributed by atoms with Crippen LogP contribution in [0.15, 0.2) is 16.5 Å². The average Bonchev–Trinajstić information content (AvgIpc) is 2.61. The molecule has 0 atom stereocenters. The first kappa shape index (κ1) is 21.7. The maximum absolute atomic E-state index is 11.0. The molecule has 22 heavy (non-hydrogen) atoms. The first-order valence-corrected chi connectivity index (χ1v) is 6.54. The predicted octanol–water partition coefficient (Wildman–Crippen LogP) is -6.04. The van der Waals surface area contributed by atoms with Gasteiger partial charge in [0.1, 0.15) is 11.3 Å². The van der Waals surface area contributed by atoms with Gasteiger partial charge >= 0.3 is 59.1 Å². The number of carboxylic acids is 1. The zero-order valence-corrected chi connectivity index (χ0v) is 17.1. The summed E-state index contributed by atoms with van der Waals surface area (Å²) in [5.74, 6) is -1.94. The molecule has 1 aromatic heterocycles. The van der Waals surface area contributed by atoms with Gasteiger partial charge in [0, 0.05) is 17.0 Å². The molecule has 0 N–H and O–H groups in total. The summed E-state index contributed by atoms with van der Waals surface area (Å²) >= 11 is 0. The molecule has 0 bridgehead atoms. The van der Waals surface area contributed by atoms with Crippen LogP contribution in [0.2, 0.25) is 0 Å². The van der Waals surface area contributed by atoms with E-state index in [-0.39, 0.29) is 87.2 Å². The summed E-state index contributed by atoms with van der Waals surface area (Å²) in [7, 11) is -3.81. The van der Waals surface area contributed by atoms with E-state index in [1.54, 1.807) is 0 Å². The number of ether oxygens (including phenoxy) is 1. The van der Waals surface area contributed by atoms with E-state index in [0.29, 0.717) is 0 Å². The fourth-order valence-corrected chi connectivity index (χ4v) is 2.17. The smallest absolute Gasteiger partial charge is 0.716 e. The Morgan fingerprint density at radius 3 is 2.27 bits per heavy atom. The quantitative estimate of drug-likeness (QED) is 0.304. The number of furan rings is 1. The maximum Gasteiger partial charge on any atom is 1.00 e. The summed E-state index contributed by atoms with van der Waals surface area (Å²) in [5.41, 5.74) is -0.120. The molecule has 0 saturated heterocycles. The van der Waals surface area contributed by atoms with Crippen molar-refractivity contribution in [3.8, 4) is 11.5 Å². The van der Waals surface area contributed by atoms with Crippen molar-refractivity contribution < 1.29 is 95.3 Å². The van der Waals surface area contributed by atoms with Crippen LogP contribution in [0.1, 0.15) is 16.1 Å². The van der Waals surface area contributed by atoms with Gasteiger partial charge in [-0.2, -0.15) is 0 Å². The Labute approximate surface area is 170 Å². The average molecular weight is 346 g/mol. The number of rotatable bonds is 4. The molecule has 0 aliphatic rings. The van der Waals surface area contributed by atoms with E-state index in [1.165, 1.54) is 20.1 Å². The molecule has 0 spiro atoms. The maximum atomic E-state index is 11.0. The molecule has 2 aromatic rings. The number of aromatic carboxylic acids is 1. The SMILES string of the molecule is COc1cc2oc(C)c(C(=O)[O-])c2cc1OS(=O)(=O)[O-].[Na+].[Na+]. The van der Waals surface area contributed by atoms with Gasteiger partial charge in [0.15, 0.2) is 11.5 Å². The third kappa shape index (κ3) is 4.62. The minimum absolute atomic E-state index is 0. The summed E-state index contributed by atoms with van der Waals surface area (Å²) in [6.07, 6.45) is 0. The molecule has 0 amide bonds. The Morgan fingerprint density at radius 1 is 1.23 bits per heavy atom. The molecule has 0 aliphatic carbocycles. The Morgan fingerprint density at radius 2 is 1.82 bits per heavy atom. The van der Waals surface area contributed by atoms with Crippen molar-refractivity contribution in [1.29, 1.82) is 0 Å². The molecule has 1 aromatic carbocycles. The zero-order chi connectivity index (χ0) is 15.1. The van der Waals surface area contributed by atoms with Gasteiger partial charge in [-0.25, -0.2) is 8.42 Å². The van der Waals surface area contributed by atoms with Crippen LogP contribution in [0.25, 0.3) is 11.0 Å². The minimum Gasteiger partial charge on any atom is -0.716 e. The Bertz CT molecular complexity index is 796. The van der Waals surface area contributed by atoms with E-state index in [4.69, 9.17) is 9.15 Å². The molecule has 0 fully saturated rings. The van der Waals surface area contributed by atoms with Crippen LogP contribution in [0.4, 0.5) is 0 Å². The molecule has 0 saturated carbocycles. The molecular weight excluding hydrogens is 338 g/mol. The van der Waals surface area contributed by atoms with E-state index in [9.17, 15) is 22.9 Å². The fraction of sp³-hybridized carbons (Fsp3) is 0.182. The van der Waals surface area contributed by atoms with Gasteiger partial charge in [-0.15, -0.1) is 0 Å². The van der Waals surface area contributed by atoms with Gasteiger partial charge in [0.05, 0.1) is 13.1 Å². The molecule has 0 unspecified atom stereocenters. The van der Waals surface area contributed by atoms with Crippen molar-refractivity contribution in [1.82, 2.24) is 0 Å². The summed E-state index contributed by atoms with van der Waals surface area (Å²) < 4.78 is 46.2. The molecular formula is C11H8Na2O8S. The van der Waals surface area contributed by atoms with Gasteiger partial charge < -0.3 is 27.8 Å².